The zero-order valence-electron chi connectivity index (χ0n) is 19.7. The van der Waals surface area contributed by atoms with Gasteiger partial charge in [0.25, 0.3) is 5.91 Å². The maximum atomic E-state index is 12.6. The Hall–Kier alpha value is -2.91. The number of hydrogen-bond donors (Lipinski definition) is 4. The standard InChI is InChI=1S/C25H34N6O3/c1-16-12-18(2-5-20(16)25(33)29-19-3-4-19)21-15-28-31-23(27-14-17-6-10-34-11-7-17)13-22(26-8-9-32)30-24(21)31/h2,5,13,15,17-19,27,32H,3-4,6-12,14H2,1H3,(H,26,30)(H,29,33). The summed E-state index contributed by atoms with van der Waals surface area (Å²) in [6.45, 7) is 4.97. The predicted molar refractivity (Wildman–Crippen MR) is 131 cm³/mol. The van der Waals surface area contributed by atoms with Crippen LogP contribution in [-0.4, -0.2) is 64.6 Å². The monoisotopic (exact) mass is 466 g/mol. The largest absolute Gasteiger partial charge is 0.395 e. The number of fused-ring (bicyclic) bond motifs is 1. The quantitative estimate of drug-likeness (QED) is 0.449. The van der Waals surface area contributed by atoms with Gasteiger partial charge >= 0.3 is 0 Å². The third-order valence-corrected chi connectivity index (χ3v) is 6.87. The first-order chi connectivity index (χ1) is 16.6. The third kappa shape index (κ3) is 5.10. The highest BCUT2D eigenvalue weighted by atomic mass is 16.5. The molecule has 1 atom stereocenters. The molecule has 34 heavy (non-hydrogen) atoms. The van der Waals surface area contributed by atoms with Crippen LogP contribution in [0.2, 0.25) is 0 Å². The number of anilines is 2. The Kier molecular flexibility index (Phi) is 6.82. The minimum atomic E-state index is 0.0303. The predicted octanol–water partition coefficient (Wildman–Crippen LogP) is 2.61. The lowest BCUT2D eigenvalue weighted by molar-refractivity contribution is -0.117. The van der Waals surface area contributed by atoms with Gasteiger partial charge in [0.15, 0.2) is 5.65 Å². The number of carbonyl (C=O) groups excluding carboxylic acids is 1. The molecule has 3 heterocycles. The molecule has 9 nitrogen and oxygen atoms in total. The minimum absolute atomic E-state index is 0.0303. The average molecular weight is 467 g/mol. The van der Waals surface area contributed by atoms with Gasteiger partial charge in [-0.05, 0) is 44.9 Å². The molecular formula is C25H34N6O3. The van der Waals surface area contributed by atoms with Gasteiger partial charge in [-0.1, -0.05) is 17.7 Å². The molecule has 1 amide bonds. The van der Waals surface area contributed by atoms with Crippen molar-refractivity contribution >= 4 is 23.2 Å². The number of allylic oxidation sites excluding steroid dienone is 2. The Morgan fingerprint density at radius 1 is 1.24 bits per heavy atom. The van der Waals surface area contributed by atoms with Crippen LogP contribution in [0.4, 0.5) is 11.6 Å². The van der Waals surface area contributed by atoms with E-state index in [1.165, 1.54) is 0 Å². The second-order valence-corrected chi connectivity index (χ2v) is 9.56. The van der Waals surface area contributed by atoms with E-state index >= 15 is 0 Å². The molecule has 5 rings (SSSR count). The van der Waals surface area contributed by atoms with Crippen LogP contribution in [0.3, 0.4) is 0 Å². The van der Waals surface area contributed by atoms with Crippen molar-refractivity contribution in [1.29, 1.82) is 0 Å². The molecule has 9 heteroatoms. The van der Waals surface area contributed by atoms with E-state index in [-0.39, 0.29) is 18.4 Å². The Morgan fingerprint density at radius 2 is 2.06 bits per heavy atom. The second-order valence-electron chi connectivity index (χ2n) is 9.56. The molecule has 4 N–H and O–H groups in total. The molecule has 0 radical (unpaired) electrons. The highest BCUT2D eigenvalue weighted by Crippen LogP contribution is 2.34. The van der Waals surface area contributed by atoms with Crippen LogP contribution >= 0.6 is 0 Å². The molecule has 1 saturated carbocycles. The molecule has 0 spiro atoms. The lowest BCUT2D eigenvalue weighted by Crippen LogP contribution is -2.27. The summed E-state index contributed by atoms with van der Waals surface area (Å²) in [5.41, 5.74) is 3.67. The van der Waals surface area contributed by atoms with E-state index in [4.69, 9.17) is 9.72 Å². The van der Waals surface area contributed by atoms with Gasteiger partial charge in [0.1, 0.15) is 11.6 Å². The van der Waals surface area contributed by atoms with E-state index in [9.17, 15) is 9.90 Å². The lowest BCUT2D eigenvalue weighted by atomic mass is 9.86. The minimum Gasteiger partial charge on any atom is -0.395 e. The van der Waals surface area contributed by atoms with Gasteiger partial charge in [0.05, 0.1) is 12.8 Å². The maximum Gasteiger partial charge on any atom is 0.251 e. The fourth-order valence-corrected chi connectivity index (χ4v) is 4.68. The summed E-state index contributed by atoms with van der Waals surface area (Å²) in [4.78, 5) is 17.4. The van der Waals surface area contributed by atoms with E-state index in [0.29, 0.717) is 24.3 Å². The van der Waals surface area contributed by atoms with E-state index in [0.717, 1.165) is 80.0 Å². The number of carbonyl (C=O) groups is 1. The molecule has 2 aliphatic carbocycles. The van der Waals surface area contributed by atoms with Gasteiger partial charge in [0, 0.05) is 55.5 Å². The fraction of sp³-hybridized carbons (Fsp3) is 0.560. The van der Waals surface area contributed by atoms with Gasteiger partial charge in [-0.2, -0.15) is 9.61 Å². The maximum absolute atomic E-state index is 12.6. The summed E-state index contributed by atoms with van der Waals surface area (Å²) < 4.78 is 7.35. The number of rotatable bonds is 9. The molecule has 1 aliphatic heterocycles. The van der Waals surface area contributed by atoms with Crippen LogP contribution in [0.1, 0.15) is 50.5 Å². The average Bonchev–Trinajstić information content (AvgIpc) is 3.56. The number of aliphatic hydroxyl groups is 1. The van der Waals surface area contributed by atoms with Crippen LogP contribution < -0.4 is 16.0 Å². The van der Waals surface area contributed by atoms with Crippen molar-refractivity contribution < 1.29 is 14.6 Å². The summed E-state index contributed by atoms with van der Waals surface area (Å²) in [5, 5.41) is 23.8. The van der Waals surface area contributed by atoms with Gasteiger partial charge in [0.2, 0.25) is 0 Å². The summed E-state index contributed by atoms with van der Waals surface area (Å²) in [6.07, 6.45) is 10.9. The molecule has 2 aromatic heterocycles. The SMILES string of the molecule is CC1=C(C(=O)NC2CC2)C=CC(c2cnn3c(NCC4CCOCC4)cc(NCCO)nc23)C1. The number of nitrogens with zero attached hydrogens (tertiary/aromatic N) is 3. The van der Waals surface area contributed by atoms with Crippen LogP contribution in [0.15, 0.2) is 35.6 Å². The summed E-state index contributed by atoms with van der Waals surface area (Å²) in [5.74, 6) is 2.27. The van der Waals surface area contributed by atoms with Crippen molar-refractivity contribution in [3.8, 4) is 0 Å². The summed E-state index contributed by atoms with van der Waals surface area (Å²) in [6, 6.07) is 2.29. The van der Waals surface area contributed by atoms with Gasteiger partial charge in [-0.25, -0.2) is 4.98 Å². The first-order valence-electron chi connectivity index (χ1n) is 12.4. The van der Waals surface area contributed by atoms with E-state index < -0.39 is 0 Å². The van der Waals surface area contributed by atoms with Crippen LogP contribution in [-0.2, 0) is 9.53 Å². The number of ether oxygens (including phenoxy) is 1. The van der Waals surface area contributed by atoms with Crippen molar-refractivity contribution in [1.82, 2.24) is 19.9 Å². The van der Waals surface area contributed by atoms with Gasteiger partial charge in [-0.3, -0.25) is 4.79 Å². The van der Waals surface area contributed by atoms with Gasteiger partial charge < -0.3 is 25.8 Å². The Balaban J connectivity index is 1.38. The molecule has 0 aromatic carbocycles. The first-order valence-corrected chi connectivity index (χ1v) is 12.4. The molecule has 2 fully saturated rings. The number of amides is 1. The molecule has 182 valence electrons. The Morgan fingerprint density at radius 3 is 2.79 bits per heavy atom. The van der Waals surface area contributed by atoms with Crippen molar-refractivity contribution in [3.05, 3.63) is 41.1 Å². The molecule has 2 aromatic rings. The third-order valence-electron chi connectivity index (χ3n) is 6.87. The fourth-order valence-electron chi connectivity index (χ4n) is 4.68. The zero-order chi connectivity index (χ0) is 23.5. The highest BCUT2D eigenvalue weighted by Gasteiger charge is 2.27. The van der Waals surface area contributed by atoms with E-state index in [1.807, 2.05) is 29.8 Å². The first kappa shape index (κ1) is 22.9. The van der Waals surface area contributed by atoms with Crippen LogP contribution in [0, 0.1) is 5.92 Å². The second kappa shape index (κ2) is 10.1. The van der Waals surface area contributed by atoms with Crippen molar-refractivity contribution in [3.63, 3.8) is 0 Å². The molecule has 1 saturated heterocycles. The van der Waals surface area contributed by atoms with E-state index in [2.05, 4.69) is 27.1 Å². The normalized spacial score (nSPS) is 21.2. The molecule has 3 aliphatic rings. The number of hydrogen-bond acceptors (Lipinski definition) is 7. The highest BCUT2D eigenvalue weighted by molar-refractivity contribution is 5.97. The van der Waals surface area contributed by atoms with Gasteiger partial charge in [-0.15, -0.1) is 0 Å². The smallest absolute Gasteiger partial charge is 0.251 e. The lowest BCUT2D eigenvalue weighted by Gasteiger charge is -2.23. The number of aliphatic hydroxyl groups excluding tert-OH is 1. The Bertz CT molecular complexity index is 1100. The molecule has 1 unspecified atom stereocenters. The molecule has 0 bridgehead atoms. The van der Waals surface area contributed by atoms with Crippen molar-refractivity contribution in [2.75, 3.05) is 43.5 Å². The zero-order valence-corrected chi connectivity index (χ0v) is 19.7. The Labute approximate surface area is 199 Å². The summed E-state index contributed by atoms with van der Waals surface area (Å²) in [7, 11) is 0. The molecular weight excluding hydrogens is 432 g/mol. The van der Waals surface area contributed by atoms with E-state index in [1.54, 1.807) is 0 Å². The van der Waals surface area contributed by atoms with Crippen LogP contribution in [0.5, 0.6) is 0 Å². The topological polar surface area (TPSA) is 113 Å². The summed E-state index contributed by atoms with van der Waals surface area (Å²) >= 11 is 0. The van der Waals surface area contributed by atoms with Crippen molar-refractivity contribution in [2.24, 2.45) is 5.92 Å². The van der Waals surface area contributed by atoms with Crippen LogP contribution in [0.25, 0.3) is 5.65 Å². The van der Waals surface area contributed by atoms with Crippen molar-refractivity contribution in [2.45, 2.75) is 51.0 Å². The number of nitrogens with one attached hydrogen (secondary N) is 3. The number of aromatic nitrogens is 3.